The number of aromatic nitrogens is 2. The number of anilines is 2. The zero-order valence-corrected chi connectivity index (χ0v) is 16.2. The highest BCUT2D eigenvalue weighted by molar-refractivity contribution is 6.30. The van der Waals surface area contributed by atoms with Crippen LogP contribution in [0.2, 0.25) is 5.02 Å². The van der Waals surface area contributed by atoms with Gasteiger partial charge in [-0.3, -0.25) is 14.9 Å². The summed E-state index contributed by atoms with van der Waals surface area (Å²) in [5.41, 5.74) is 1.15. The quantitative estimate of drug-likeness (QED) is 0.688. The van der Waals surface area contributed by atoms with E-state index in [-0.39, 0.29) is 24.3 Å². The second-order valence-electron chi connectivity index (χ2n) is 6.51. The monoisotopic (exact) mass is 412 g/mol. The smallest absolute Gasteiger partial charge is 0.322 e. The lowest BCUT2D eigenvalue weighted by molar-refractivity contribution is -0.117. The van der Waals surface area contributed by atoms with Crippen molar-refractivity contribution in [3.8, 4) is 5.75 Å². The van der Waals surface area contributed by atoms with Crippen molar-refractivity contribution in [2.45, 2.75) is 12.3 Å². The van der Waals surface area contributed by atoms with Crippen LogP contribution in [-0.4, -0.2) is 35.7 Å². The van der Waals surface area contributed by atoms with Crippen LogP contribution in [0.5, 0.6) is 5.75 Å². The average Bonchev–Trinajstić information content (AvgIpc) is 3.35. The van der Waals surface area contributed by atoms with E-state index in [1.165, 1.54) is 7.11 Å². The number of nitrogens with one attached hydrogen (secondary N) is 1. The fraction of sp³-hybridized carbons (Fsp3) is 0.200. The lowest BCUT2D eigenvalue weighted by atomic mass is 10.1. The number of hydrogen-bond acceptors (Lipinski definition) is 6. The molecule has 8 nitrogen and oxygen atoms in total. The number of methoxy groups -OCH3 is 1. The molecule has 0 radical (unpaired) electrons. The molecule has 2 amide bonds. The van der Waals surface area contributed by atoms with Gasteiger partial charge in [-0.05, 0) is 42.5 Å². The number of ether oxygens (including phenoxy) is 1. The second kappa shape index (κ2) is 7.92. The van der Waals surface area contributed by atoms with Gasteiger partial charge in [0, 0.05) is 29.2 Å². The van der Waals surface area contributed by atoms with Gasteiger partial charge in [-0.1, -0.05) is 22.8 Å². The summed E-state index contributed by atoms with van der Waals surface area (Å²) in [6.07, 6.45) is 0.244. The highest BCUT2D eigenvalue weighted by Gasteiger charge is 2.35. The molecular weight excluding hydrogens is 396 g/mol. The highest BCUT2D eigenvalue weighted by Crippen LogP contribution is 2.32. The van der Waals surface area contributed by atoms with Gasteiger partial charge < -0.3 is 14.1 Å². The summed E-state index contributed by atoms with van der Waals surface area (Å²) < 4.78 is 10.7. The molecule has 0 spiro atoms. The van der Waals surface area contributed by atoms with Gasteiger partial charge in [0.25, 0.3) is 5.91 Å². The lowest BCUT2D eigenvalue weighted by Crippen LogP contribution is -2.24. The average molecular weight is 413 g/mol. The normalized spacial score (nSPS) is 16.1. The van der Waals surface area contributed by atoms with Crippen LogP contribution >= 0.6 is 11.6 Å². The third-order valence-corrected chi connectivity index (χ3v) is 4.86. The largest absolute Gasteiger partial charge is 0.497 e. The van der Waals surface area contributed by atoms with Gasteiger partial charge in [0.2, 0.25) is 11.8 Å². The van der Waals surface area contributed by atoms with E-state index in [4.69, 9.17) is 20.8 Å². The number of hydrogen-bond donors (Lipinski definition) is 1. The van der Waals surface area contributed by atoms with Gasteiger partial charge >= 0.3 is 6.01 Å². The van der Waals surface area contributed by atoms with E-state index in [0.717, 1.165) is 5.69 Å². The van der Waals surface area contributed by atoms with E-state index >= 15 is 0 Å². The van der Waals surface area contributed by atoms with Gasteiger partial charge in [0.1, 0.15) is 5.75 Å². The number of amides is 2. The maximum Gasteiger partial charge on any atom is 0.322 e. The van der Waals surface area contributed by atoms with Crippen molar-refractivity contribution < 1.29 is 18.7 Å². The number of nitrogens with zero attached hydrogens (tertiary/aromatic N) is 3. The Morgan fingerprint density at radius 2 is 2.03 bits per heavy atom. The van der Waals surface area contributed by atoms with Gasteiger partial charge in [-0.15, -0.1) is 5.10 Å². The maximum atomic E-state index is 12.4. The van der Waals surface area contributed by atoms with Crippen LogP contribution < -0.4 is 15.0 Å². The molecule has 1 atom stereocenters. The Bertz CT molecular complexity index is 1050. The SMILES string of the molecule is COc1cccc(C(=O)Nc2nnc([C@H]3CC(=O)N(c4ccc(Cl)cc4)C3)o2)c1. The molecule has 1 aromatic heterocycles. The Labute approximate surface area is 171 Å². The summed E-state index contributed by atoms with van der Waals surface area (Å²) in [5.74, 6) is 0.168. The van der Waals surface area contributed by atoms with Crippen molar-refractivity contribution in [2.75, 3.05) is 23.9 Å². The molecule has 29 heavy (non-hydrogen) atoms. The molecule has 3 aromatic rings. The summed E-state index contributed by atoms with van der Waals surface area (Å²) in [6, 6.07) is 13.7. The van der Waals surface area contributed by atoms with Crippen molar-refractivity contribution in [1.29, 1.82) is 0 Å². The second-order valence-corrected chi connectivity index (χ2v) is 6.95. The van der Waals surface area contributed by atoms with Crippen LogP contribution in [-0.2, 0) is 4.79 Å². The molecule has 0 unspecified atom stereocenters. The number of benzene rings is 2. The first kappa shape index (κ1) is 18.9. The van der Waals surface area contributed by atoms with Crippen LogP contribution in [0.3, 0.4) is 0 Å². The van der Waals surface area contributed by atoms with Crippen molar-refractivity contribution in [1.82, 2.24) is 10.2 Å². The van der Waals surface area contributed by atoms with E-state index in [1.54, 1.807) is 53.4 Å². The third kappa shape index (κ3) is 4.07. The Morgan fingerprint density at radius 3 is 2.79 bits per heavy atom. The maximum absolute atomic E-state index is 12.4. The molecule has 4 rings (SSSR count). The van der Waals surface area contributed by atoms with Crippen molar-refractivity contribution in [3.05, 3.63) is 65.0 Å². The first-order chi connectivity index (χ1) is 14.0. The molecule has 1 aliphatic heterocycles. The molecule has 0 aliphatic carbocycles. The fourth-order valence-corrected chi connectivity index (χ4v) is 3.25. The fourth-order valence-electron chi connectivity index (χ4n) is 3.13. The Hall–Kier alpha value is -3.39. The van der Waals surface area contributed by atoms with Crippen LogP contribution in [0.4, 0.5) is 11.7 Å². The zero-order chi connectivity index (χ0) is 20.4. The van der Waals surface area contributed by atoms with Crippen LogP contribution in [0.1, 0.15) is 28.6 Å². The first-order valence-corrected chi connectivity index (χ1v) is 9.26. The van der Waals surface area contributed by atoms with E-state index in [0.29, 0.717) is 28.8 Å². The third-order valence-electron chi connectivity index (χ3n) is 4.61. The molecule has 1 fully saturated rings. The van der Waals surface area contributed by atoms with Crippen molar-refractivity contribution in [3.63, 3.8) is 0 Å². The highest BCUT2D eigenvalue weighted by atomic mass is 35.5. The molecule has 9 heteroatoms. The van der Waals surface area contributed by atoms with E-state index in [2.05, 4.69) is 15.5 Å². The molecule has 2 heterocycles. The summed E-state index contributed by atoms with van der Waals surface area (Å²) in [4.78, 5) is 26.4. The van der Waals surface area contributed by atoms with E-state index in [1.807, 2.05) is 0 Å². The van der Waals surface area contributed by atoms with Gasteiger partial charge in [0.05, 0.1) is 13.0 Å². The number of carbonyl (C=O) groups is 2. The summed E-state index contributed by atoms with van der Waals surface area (Å²) in [6.45, 7) is 0.409. The Morgan fingerprint density at radius 1 is 1.24 bits per heavy atom. The molecule has 148 valence electrons. The summed E-state index contributed by atoms with van der Waals surface area (Å²) in [5, 5.41) is 11.0. The van der Waals surface area contributed by atoms with Crippen LogP contribution in [0, 0.1) is 0 Å². The van der Waals surface area contributed by atoms with Gasteiger partial charge in [-0.25, -0.2) is 0 Å². The Kier molecular flexibility index (Phi) is 5.18. The van der Waals surface area contributed by atoms with Crippen molar-refractivity contribution in [2.24, 2.45) is 0 Å². The van der Waals surface area contributed by atoms with Crippen LogP contribution in [0.15, 0.2) is 52.9 Å². The molecule has 1 saturated heterocycles. The zero-order valence-electron chi connectivity index (χ0n) is 15.5. The van der Waals surface area contributed by atoms with E-state index < -0.39 is 5.91 Å². The van der Waals surface area contributed by atoms with E-state index in [9.17, 15) is 9.59 Å². The number of carbonyl (C=O) groups excluding carboxylic acids is 2. The molecule has 2 aromatic carbocycles. The number of rotatable bonds is 5. The number of halogens is 1. The first-order valence-electron chi connectivity index (χ1n) is 8.88. The predicted octanol–water partition coefficient (Wildman–Crippen LogP) is 3.50. The topological polar surface area (TPSA) is 97.6 Å². The molecule has 1 N–H and O–H groups in total. The summed E-state index contributed by atoms with van der Waals surface area (Å²) in [7, 11) is 1.53. The van der Waals surface area contributed by atoms with Crippen LogP contribution in [0.25, 0.3) is 0 Å². The lowest BCUT2D eigenvalue weighted by Gasteiger charge is -2.16. The summed E-state index contributed by atoms with van der Waals surface area (Å²) >= 11 is 5.91. The minimum Gasteiger partial charge on any atom is -0.497 e. The molecular formula is C20H17ClN4O4. The van der Waals surface area contributed by atoms with Gasteiger partial charge in [0.15, 0.2) is 0 Å². The minimum absolute atomic E-state index is 0.0230. The molecule has 0 saturated carbocycles. The Balaban J connectivity index is 1.44. The minimum atomic E-state index is -0.399. The predicted molar refractivity (Wildman–Crippen MR) is 106 cm³/mol. The van der Waals surface area contributed by atoms with Gasteiger partial charge in [-0.2, -0.15) is 0 Å². The van der Waals surface area contributed by atoms with Crippen molar-refractivity contribution >= 4 is 35.1 Å². The standard InChI is InChI=1S/C20H17ClN4O4/c1-28-16-4-2-3-12(9-16)18(27)22-20-24-23-19(29-20)13-10-17(26)25(11-13)15-7-5-14(21)6-8-15/h2-9,13H,10-11H2,1H3,(H,22,24,27)/t13-/m0/s1. The molecule has 0 bridgehead atoms. The molecule has 1 aliphatic rings.